The van der Waals surface area contributed by atoms with Gasteiger partial charge in [-0.1, -0.05) is 13.0 Å². The first-order valence-corrected chi connectivity index (χ1v) is 6.28. The molecule has 6 heteroatoms. The molecule has 0 bridgehead atoms. The Bertz CT molecular complexity index is 362. The van der Waals surface area contributed by atoms with E-state index in [1.165, 1.54) is 0 Å². The predicted molar refractivity (Wildman–Crippen MR) is 69.5 cm³/mol. The third-order valence-corrected chi connectivity index (χ3v) is 2.41. The average Bonchev–Trinajstić information content (AvgIpc) is 2.34. The number of allylic oxidation sites excluding steroid dienone is 1. The molecule has 2 N–H and O–H groups in total. The Hall–Kier alpha value is -1.85. The lowest BCUT2D eigenvalue weighted by Crippen LogP contribution is -2.41. The molecule has 0 saturated heterocycles. The maximum atomic E-state index is 11.7. The molecule has 0 aliphatic carbocycles. The predicted octanol–water partition coefficient (Wildman–Crippen LogP) is 1.26. The van der Waals surface area contributed by atoms with E-state index in [1.54, 1.807) is 19.9 Å². The van der Waals surface area contributed by atoms with Gasteiger partial charge in [0.15, 0.2) is 0 Å². The lowest BCUT2D eigenvalue weighted by Gasteiger charge is -2.14. The molecule has 108 valence electrons. The van der Waals surface area contributed by atoms with Gasteiger partial charge in [0, 0.05) is 12.0 Å². The minimum atomic E-state index is -1.16. The van der Waals surface area contributed by atoms with Crippen LogP contribution in [0.25, 0.3) is 0 Å². The van der Waals surface area contributed by atoms with E-state index in [0.717, 1.165) is 0 Å². The molecule has 0 aromatic carbocycles. The zero-order valence-electron chi connectivity index (χ0n) is 11.6. The number of hydrogen-bond acceptors (Lipinski definition) is 4. The average molecular weight is 271 g/mol. The fraction of sp³-hybridized carbons (Fsp3) is 0.615. The van der Waals surface area contributed by atoms with Gasteiger partial charge >= 0.3 is 11.9 Å². The Balaban J connectivity index is 4.42. The number of amides is 1. The van der Waals surface area contributed by atoms with Crippen LogP contribution in [0.2, 0.25) is 0 Å². The van der Waals surface area contributed by atoms with Crippen molar-refractivity contribution in [3.63, 3.8) is 0 Å². The third kappa shape index (κ3) is 7.23. The highest BCUT2D eigenvalue weighted by atomic mass is 16.5. The molecule has 19 heavy (non-hydrogen) atoms. The first kappa shape index (κ1) is 17.2. The van der Waals surface area contributed by atoms with E-state index in [1.807, 2.05) is 6.92 Å². The summed E-state index contributed by atoms with van der Waals surface area (Å²) < 4.78 is 4.71. The van der Waals surface area contributed by atoms with Gasteiger partial charge in [-0.2, -0.15) is 0 Å². The van der Waals surface area contributed by atoms with Crippen LogP contribution in [0, 0.1) is 0 Å². The van der Waals surface area contributed by atoms with E-state index >= 15 is 0 Å². The second-order valence-electron chi connectivity index (χ2n) is 4.00. The van der Waals surface area contributed by atoms with Crippen molar-refractivity contribution < 1.29 is 24.2 Å². The Morgan fingerprint density at radius 1 is 1.32 bits per heavy atom. The van der Waals surface area contributed by atoms with Gasteiger partial charge in [0.2, 0.25) is 5.91 Å². The van der Waals surface area contributed by atoms with Crippen molar-refractivity contribution in [2.75, 3.05) is 6.61 Å². The van der Waals surface area contributed by atoms with Gasteiger partial charge in [-0.05, 0) is 26.7 Å². The number of rotatable bonds is 8. The Morgan fingerprint density at radius 2 is 1.95 bits per heavy atom. The van der Waals surface area contributed by atoms with Crippen LogP contribution in [0.4, 0.5) is 0 Å². The summed E-state index contributed by atoms with van der Waals surface area (Å²) in [6.07, 6.45) is 2.38. The standard InChI is InChI=1S/C13H21NO5/c1-4-6-9(3)12(16)14-10(13(17)18)7-8-11(15)19-5-2/h6,10H,4-5,7-8H2,1-3H3,(H,14,16)(H,17,18)/t10-/m0/s1. The van der Waals surface area contributed by atoms with Crippen LogP contribution in [-0.4, -0.2) is 35.6 Å². The maximum Gasteiger partial charge on any atom is 0.326 e. The molecule has 6 nitrogen and oxygen atoms in total. The van der Waals surface area contributed by atoms with Crippen LogP contribution in [-0.2, 0) is 19.1 Å². The number of carbonyl (C=O) groups is 3. The second-order valence-corrected chi connectivity index (χ2v) is 4.00. The number of nitrogens with one attached hydrogen (secondary N) is 1. The Kier molecular flexibility index (Phi) is 8.24. The summed E-state index contributed by atoms with van der Waals surface area (Å²) in [6, 6.07) is -1.09. The molecule has 0 spiro atoms. The minimum absolute atomic E-state index is 0.0132. The fourth-order valence-corrected chi connectivity index (χ4v) is 1.42. The number of hydrogen-bond donors (Lipinski definition) is 2. The number of carboxylic acids is 1. The van der Waals surface area contributed by atoms with Gasteiger partial charge in [0.25, 0.3) is 0 Å². The summed E-state index contributed by atoms with van der Waals surface area (Å²) >= 11 is 0. The molecule has 0 heterocycles. The van der Waals surface area contributed by atoms with Crippen molar-refractivity contribution in [1.82, 2.24) is 5.32 Å². The molecule has 0 rings (SSSR count). The van der Waals surface area contributed by atoms with E-state index in [2.05, 4.69) is 5.32 Å². The molecular formula is C13H21NO5. The van der Waals surface area contributed by atoms with Gasteiger partial charge in [-0.15, -0.1) is 0 Å². The van der Waals surface area contributed by atoms with E-state index < -0.39 is 23.9 Å². The van der Waals surface area contributed by atoms with Crippen LogP contribution in [0.1, 0.15) is 40.0 Å². The van der Waals surface area contributed by atoms with Crippen LogP contribution in [0.3, 0.4) is 0 Å². The summed E-state index contributed by atoms with van der Waals surface area (Å²) in [5.41, 5.74) is 0.463. The van der Waals surface area contributed by atoms with E-state index in [4.69, 9.17) is 9.84 Å². The highest BCUT2D eigenvalue weighted by Crippen LogP contribution is 2.03. The molecule has 0 saturated carbocycles. The number of aliphatic carboxylic acids is 1. The number of esters is 1. The van der Waals surface area contributed by atoms with Crippen molar-refractivity contribution in [2.45, 2.75) is 46.1 Å². The largest absolute Gasteiger partial charge is 0.480 e. The van der Waals surface area contributed by atoms with Gasteiger partial charge in [-0.3, -0.25) is 9.59 Å². The van der Waals surface area contributed by atoms with Crippen molar-refractivity contribution in [3.05, 3.63) is 11.6 Å². The summed E-state index contributed by atoms with van der Waals surface area (Å²) in [7, 11) is 0. The van der Waals surface area contributed by atoms with Crippen LogP contribution in [0.15, 0.2) is 11.6 Å². The van der Waals surface area contributed by atoms with E-state index in [-0.39, 0.29) is 19.4 Å². The molecule has 0 aromatic heterocycles. The molecule has 0 aliphatic heterocycles. The third-order valence-electron chi connectivity index (χ3n) is 2.41. The highest BCUT2D eigenvalue weighted by Gasteiger charge is 2.21. The number of carbonyl (C=O) groups excluding carboxylic acids is 2. The zero-order chi connectivity index (χ0) is 14.8. The maximum absolute atomic E-state index is 11.7. The normalized spacial score (nSPS) is 12.7. The monoisotopic (exact) mass is 271 g/mol. The van der Waals surface area contributed by atoms with Crippen molar-refractivity contribution in [3.8, 4) is 0 Å². The number of carboxylic acid groups (broad SMARTS) is 1. The summed E-state index contributed by atoms with van der Waals surface area (Å²) in [4.78, 5) is 33.8. The van der Waals surface area contributed by atoms with Gasteiger partial charge in [-0.25, -0.2) is 4.79 Å². The van der Waals surface area contributed by atoms with Gasteiger partial charge in [0.05, 0.1) is 6.61 Å². The second kappa shape index (κ2) is 9.13. The zero-order valence-corrected chi connectivity index (χ0v) is 11.6. The molecule has 0 aromatic rings. The topological polar surface area (TPSA) is 92.7 Å². The highest BCUT2D eigenvalue weighted by molar-refractivity contribution is 5.95. The first-order valence-electron chi connectivity index (χ1n) is 6.28. The molecule has 0 fully saturated rings. The smallest absolute Gasteiger partial charge is 0.326 e. The lowest BCUT2D eigenvalue weighted by molar-refractivity contribution is -0.145. The van der Waals surface area contributed by atoms with Crippen LogP contribution >= 0.6 is 0 Å². The van der Waals surface area contributed by atoms with E-state index in [0.29, 0.717) is 12.0 Å². The minimum Gasteiger partial charge on any atom is -0.480 e. The first-order chi connectivity index (χ1) is 8.92. The summed E-state index contributed by atoms with van der Waals surface area (Å²) in [6.45, 7) is 5.42. The lowest BCUT2D eigenvalue weighted by atomic mass is 10.1. The summed E-state index contributed by atoms with van der Waals surface area (Å²) in [5.74, 6) is -2.07. The van der Waals surface area contributed by atoms with Crippen LogP contribution < -0.4 is 5.32 Å². The Labute approximate surface area is 112 Å². The SMILES string of the molecule is CCC=C(C)C(=O)N[C@@H](CCC(=O)OCC)C(=O)O. The molecular weight excluding hydrogens is 250 g/mol. The van der Waals surface area contributed by atoms with Crippen molar-refractivity contribution in [2.24, 2.45) is 0 Å². The van der Waals surface area contributed by atoms with Gasteiger partial charge in [0.1, 0.15) is 6.04 Å². The fourth-order valence-electron chi connectivity index (χ4n) is 1.42. The Morgan fingerprint density at radius 3 is 2.42 bits per heavy atom. The molecule has 1 amide bonds. The van der Waals surface area contributed by atoms with E-state index in [9.17, 15) is 14.4 Å². The molecule has 0 radical (unpaired) electrons. The van der Waals surface area contributed by atoms with Crippen molar-refractivity contribution in [1.29, 1.82) is 0 Å². The van der Waals surface area contributed by atoms with Gasteiger partial charge < -0.3 is 15.2 Å². The quantitative estimate of drug-likeness (QED) is 0.512. The molecule has 0 unspecified atom stereocenters. The molecule has 0 aliphatic rings. The van der Waals surface area contributed by atoms with Crippen LogP contribution in [0.5, 0.6) is 0 Å². The number of ether oxygens (including phenoxy) is 1. The van der Waals surface area contributed by atoms with Crippen molar-refractivity contribution >= 4 is 17.8 Å². The molecule has 1 atom stereocenters. The summed E-state index contributed by atoms with van der Waals surface area (Å²) in [5, 5.41) is 11.4.